The Morgan fingerprint density at radius 3 is 2.00 bits per heavy atom. The Morgan fingerprint density at radius 1 is 0.812 bits per heavy atom. The molecule has 5 unspecified atom stereocenters. The first-order valence-corrected chi connectivity index (χ1v) is 10.6. The van der Waals surface area contributed by atoms with Crippen molar-refractivity contribution in [2.24, 2.45) is 22.9 Å². The third-order valence-electron chi connectivity index (χ3n) is 6.35. The minimum atomic E-state index is -1.46. The van der Waals surface area contributed by atoms with Crippen molar-refractivity contribution in [1.82, 2.24) is 0 Å². The summed E-state index contributed by atoms with van der Waals surface area (Å²) in [6, 6.07) is -3.39. The second kappa shape index (κ2) is 10.4. The first kappa shape index (κ1) is 26.1. The van der Waals surface area contributed by atoms with Gasteiger partial charge in [-0.3, -0.25) is 0 Å². The average Bonchev–Trinajstić information content (AvgIpc) is 3.03. The molecule has 0 radical (unpaired) electrons. The van der Waals surface area contributed by atoms with Crippen molar-refractivity contribution < 1.29 is 49.6 Å². The van der Waals surface area contributed by atoms with Crippen molar-refractivity contribution in [3.8, 4) is 0 Å². The van der Waals surface area contributed by atoms with E-state index in [1.165, 1.54) is 0 Å². The summed E-state index contributed by atoms with van der Waals surface area (Å²) >= 11 is 0. The number of hydrogen-bond donors (Lipinski definition) is 10. The molecule has 0 bridgehead atoms. The van der Waals surface area contributed by atoms with Crippen LogP contribution in [0.5, 0.6) is 0 Å². The van der Waals surface area contributed by atoms with Crippen LogP contribution in [0.4, 0.5) is 0 Å². The van der Waals surface area contributed by atoms with Crippen molar-refractivity contribution >= 4 is 0 Å². The van der Waals surface area contributed by atoms with E-state index in [0.29, 0.717) is 0 Å². The summed E-state index contributed by atoms with van der Waals surface area (Å²) in [6.45, 7) is 0.989. The summed E-state index contributed by atoms with van der Waals surface area (Å²) in [5, 5.41) is 60.8. The summed E-state index contributed by atoms with van der Waals surface area (Å²) in [7, 11) is 0. The van der Waals surface area contributed by atoms with Crippen LogP contribution in [0.3, 0.4) is 0 Å². The van der Waals surface area contributed by atoms with E-state index in [1.807, 2.05) is 0 Å². The lowest BCUT2D eigenvalue weighted by Gasteiger charge is -2.47. The van der Waals surface area contributed by atoms with Gasteiger partial charge in [0.15, 0.2) is 12.6 Å². The average molecular weight is 469 g/mol. The maximum Gasteiger partial charge on any atom is 0.187 e. The molecule has 0 amide bonds. The van der Waals surface area contributed by atoms with Gasteiger partial charge in [-0.1, -0.05) is 0 Å². The molecule has 2 heterocycles. The molecule has 3 fully saturated rings. The molecule has 0 spiro atoms. The quantitative estimate of drug-likeness (QED) is 0.174. The maximum absolute atomic E-state index is 10.7. The van der Waals surface area contributed by atoms with Crippen LogP contribution < -0.4 is 22.9 Å². The number of rotatable bonds is 6. The normalized spacial score (nSPS) is 53.3. The third kappa shape index (κ3) is 4.94. The van der Waals surface area contributed by atoms with Crippen molar-refractivity contribution in [2.75, 3.05) is 6.61 Å². The smallest absolute Gasteiger partial charge is 0.187 e. The first-order valence-electron chi connectivity index (χ1n) is 10.6. The van der Waals surface area contributed by atoms with Gasteiger partial charge in [0.2, 0.25) is 0 Å². The van der Waals surface area contributed by atoms with Gasteiger partial charge in [-0.05, 0) is 13.3 Å². The van der Waals surface area contributed by atoms with Crippen molar-refractivity contribution in [3.05, 3.63) is 0 Å². The molecule has 188 valence electrons. The molecule has 14 N–H and O–H groups in total. The van der Waals surface area contributed by atoms with Crippen LogP contribution in [-0.4, -0.2) is 129 Å². The molecule has 0 aromatic carbocycles. The molecule has 2 aliphatic heterocycles. The minimum Gasteiger partial charge on any atom is -0.394 e. The Balaban J connectivity index is 1.78. The lowest BCUT2D eigenvalue weighted by Crippen LogP contribution is -2.68. The summed E-state index contributed by atoms with van der Waals surface area (Å²) < 4.78 is 22.7. The number of hydrogen-bond acceptors (Lipinski definition) is 14. The van der Waals surface area contributed by atoms with E-state index in [2.05, 4.69) is 0 Å². The molecule has 3 rings (SSSR count). The van der Waals surface area contributed by atoms with Gasteiger partial charge in [0, 0.05) is 18.1 Å². The SMILES string of the molecule is C[C@@H](N)[C@H]1O[C@@H](OC2[C@H](O[C@H]3OC(CO)[C@@H](O)C(O)[C@@H]3N)C(N)C[C@@H](N)[C@H]2O)C(O)[C@H]1O. The zero-order valence-corrected chi connectivity index (χ0v) is 17.7. The van der Waals surface area contributed by atoms with E-state index < -0.39 is 98.3 Å². The van der Waals surface area contributed by atoms with Gasteiger partial charge >= 0.3 is 0 Å². The molecule has 0 aromatic heterocycles. The van der Waals surface area contributed by atoms with E-state index in [9.17, 15) is 30.6 Å². The van der Waals surface area contributed by atoms with E-state index in [-0.39, 0.29) is 6.42 Å². The monoisotopic (exact) mass is 468 g/mol. The molecular weight excluding hydrogens is 432 g/mol. The van der Waals surface area contributed by atoms with E-state index in [0.717, 1.165) is 0 Å². The maximum atomic E-state index is 10.7. The molecular formula is C18H36N4O10. The van der Waals surface area contributed by atoms with E-state index in [1.54, 1.807) is 6.92 Å². The predicted octanol–water partition coefficient (Wildman–Crippen LogP) is -6.26. The summed E-state index contributed by atoms with van der Waals surface area (Å²) in [6.07, 6.45) is -13.9. The van der Waals surface area contributed by atoms with Gasteiger partial charge in [0.1, 0.15) is 48.8 Å². The molecule has 1 aliphatic carbocycles. The number of nitrogens with two attached hydrogens (primary N) is 4. The highest BCUT2D eigenvalue weighted by Gasteiger charge is 2.52. The topological polar surface area (TPSA) is 262 Å². The van der Waals surface area contributed by atoms with Gasteiger partial charge < -0.3 is 72.5 Å². The Kier molecular flexibility index (Phi) is 8.44. The molecule has 2 saturated heterocycles. The van der Waals surface area contributed by atoms with Gasteiger partial charge in [-0.15, -0.1) is 0 Å². The highest BCUT2D eigenvalue weighted by Crippen LogP contribution is 2.32. The highest BCUT2D eigenvalue weighted by molar-refractivity contribution is 5.01. The third-order valence-corrected chi connectivity index (χ3v) is 6.35. The fraction of sp³-hybridized carbons (Fsp3) is 1.00. The molecule has 3 aliphatic rings. The summed E-state index contributed by atoms with van der Waals surface area (Å²) in [4.78, 5) is 0. The predicted molar refractivity (Wildman–Crippen MR) is 106 cm³/mol. The molecule has 15 atom stereocenters. The second-order valence-electron chi connectivity index (χ2n) is 8.85. The number of aliphatic hydroxyl groups excluding tert-OH is 6. The van der Waals surface area contributed by atoms with Crippen molar-refractivity contribution in [1.29, 1.82) is 0 Å². The Morgan fingerprint density at radius 2 is 1.44 bits per heavy atom. The Hall–Kier alpha value is -0.560. The van der Waals surface area contributed by atoms with Gasteiger partial charge in [0.25, 0.3) is 0 Å². The molecule has 0 aromatic rings. The molecule has 1 saturated carbocycles. The zero-order chi connectivity index (χ0) is 23.9. The zero-order valence-electron chi connectivity index (χ0n) is 17.7. The minimum absolute atomic E-state index is 0.140. The summed E-state index contributed by atoms with van der Waals surface area (Å²) in [5.74, 6) is 0. The van der Waals surface area contributed by atoms with Crippen LogP contribution >= 0.6 is 0 Å². The van der Waals surface area contributed by atoms with Crippen LogP contribution in [0, 0.1) is 0 Å². The van der Waals surface area contributed by atoms with Crippen LogP contribution in [-0.2, 0) is 18.9 Å². The number of aliphatic hydroxyl groups is 6. The fourth-order valence-electron chi connectivity index (χ4n) is 4.36. The molecule has 14 nitrogen and oxygen atoms in total. The summed E-state index contributed by atoms with van der Waals surface area (Å²) in [5.41, 5.74) is 23.9. The highest BCUT2D eigenvalue weighted by atomic mass is 16.7. The Labute approximate surface area is 185 Å². The molecule has 14 heteroatoms. The largest absolute Gasteiger partial charge is 0.394 e. The first-order chi connectivity index (χ1) is 15.0. The van der Waals surface area contributed by atoms with E-state index in [4.69, 9.17) is 41.9 Å². The van der Waals surface area contributed by atoms with Gasteiger partial charge in [0.05, 0.1) is 18.8 Å². The number of ether oxygens (including phenoxy) is 4. The van der Waals surface area contributed by atoms with Gasteiger partial charge in [-0.25, -0.2) is 0 Å². The lowest BCUT2D eigenvalue weighted by atomic mass is 9.84. The standard InChI is InChI=1S/C18H36N4O10/c1-4(19)14-12(27)13(28)18(30-14)32-16-9(24)5(20)2-6(21)15(16)31-17-8(22)11(26)10(25)7(3-23)29-17/h4-18,23-28H,2-3,19-22H2,1H3/t4-,5-,6?,7?,8+,9-,10-,11?,12-,13?,14-,15-,16?,17-,18+/m1/s1. The lowest BCUT2D eigenvalue weighted by molar-refractivity contribution is -0.310. The molecule has 32 heavy (non-hydrogen) atoms. The van der Waals surface area contributed by atoms with Crippen molar-refractivity contribution in [3.63, 3.8) is 0 Å². The van der Waals surface area contributed by atoms with Crippen LogP contribution in [0.15, 0.2) is 0 Å². The second-order valence-corrected chi connectivity index (χ2v) is 8.85. The van der Waals surface area contributed by atoms with Crippen LogP contribution in [0.2, 0.25) is 0 Å². The van der Waals surface area contributed by atoms with Crippen LogP contribution in [0.25, 0.3) is 0 Å². The Bertz CT molecular complexity index is 618. The van der Waals surface area contributed by atoms with E-state index >= 15 is 0 Å². The fourth-order valence-corrected chi connectivity index (χ4v) is 4.36. The van der Waals surface area contributed by atoms with Gasteiger partial charge in [-0.2, -0.15) is 0 Å². The van der Waals surface area contributed by atoms with Crippen molar-refractivity contribution in [2.45, 2.75) is 105 Å². The van der Waals surface area contributed by atoms with Crippen LogP contribution in [0.1, 0.15) is 13.3 Å².